The number of aromatic carboxylic acids is 1. The van der Waals surface area contributed by atoms with E-state index in [2.05, 4.69) is 11.8 Å². The van der Waals surface area contributed by atoms with Gasteiger partial charge in [-0.05, 0) is 43.4 Å². The number of likely N-dealkylation sites (tertiary alicyclic amines) is 1. The van der Waals surface area contributed by atoms with E-state index >= 15 is 0 Å². The van der Waals surface area contributed by atoms with Gasteiger partial charge in [0.15, 0.2) is 0 Å². The standard InChI is InChI=1S/C24H29NO6/c1-17-15-18(10-13-21(17)24(30)31)16-20(26)12-11-19-7-6-8-22(27)25(19)14-5-3-2-4-9-23(28)29/h10-13,15,19-20,26H,2,4,6-9,14,16H2,1H3,(H,28,29)(H,30,31)/b12-11+/t19-,20?/m1/s1. The zero-order valence-corrected chi connectivity index (χ0v) is 17.7. The number of carbonyl (C=O) groups is 3. The number of hydrogen-bond acceptors (Lipinski definition) is 4. The molecule has 7 nitrogen and oxygen atoms in total. The van der Waals surface area contributed by atoms with E-state index in [0.29, 0.717) is 31.2 Å². The Kier molecular flexibility index (Phi) is 9.29. The Balaban J connectivity index is 1.94. The number of amides is 1. The number of carboxylic acid groups (broad SMARTS) is 2. The molecule has 1 aromatic rings. The van der Waals surface area contributed by atoms with Crippen LogP contribution >= 0.6 is 0 Å². The van der Waals surface area contributed by atoms with Gasteiger partial charge in [0.25, 0.3) is 0 Å². The minimum atomic E-state index is -0.975. The van der Waals surface area contributed by atoms with Gasteiger partial charge in [-0.3, -0.25) is 9.59 Å². The van der Waals surface area contributed by atoms with Crippen molar-refractivity contribution >= 4 is 17.8 Å². The predicted molar refractivity (Wildman–Crippen MR) is 116 cm³/mol. The van der Waals surface area contributed by atoms with E-state index < -0.39 is 18.0 Å². The zero-order chi connectivity index (χ0) is 22.8. The number of unbranched alkanes of at least 4 members (excludes halogenated alkanes) is 1. The Morgan fingerprint density at radius 2 is 2.06 bits per heavy atom. The first-order valence-corrected chi connectivity index (χ1v) is 10.4. The van der Waals surface area contributed by atoms with Crippen molar-refractivity contribution in [3.05, 3.63) is 47.0 Å². The zero-order valence-electron chi connectivity index (χ0n) is 17.7. The van der Waals surface area contributed by atoms with Crippen molar-refractivity contribution in [2.45, 2.75) is 64.0 Å². The maximum atomic E-state index is 12.3. The van der Waals surface area contributed by atoms with E-state index in [1.54, 1.807) is 36.1 Å². The quantitative estimate of drug-likeness (QED) is 0.317. The van der Waals surface area contributed by atoms with Crippen molar-refractivity contribution in [1.82, 2.24) is 4.90 Å². The summed E-state index contributed by atoms with van der Waals surface area (Å²) in [4.78, 5) is 35.6. The highest BCUT2D eigenvalue weighted by molar-refractivity contribution is 5.89. The molecule has 0 radical (unpaired) electrons. The highest BCUT2D eigenvalue weighted by atomic mass is 16.4. The van der Waals surface area contributed by atoms with Crippen molar-refractivity contribution < 1.29 is 29.7 Å². The van der Waals surface area contributed by atoms with Crippen LogP contribution < -0.4 is 0 Å². The largest absolute Gasteiger partial charge is 0.481 e. The van der Waals surface area contributed by atoms with E-state index in [0.717, 1.165) is 18.4 Å². The second-order valence-corrected chi connectivity index (χ2v) is 7.69. The van der Waals surface area contributed by atoms with Crippen molar-refractivity contribution in [3.63, 3.8) is 0 Å². The third-order valence-corrected chi connectivity index (χ3v) is 5.20. The lowest BCUT2D eigenvalue weighted by atomic mass is 9.98. The molecule has 1 heterocycles. The Labute approximate surface area is 182 Å². The van der Waals surface area contributed by atoms with Gasteiger partial charge in [-0.25, -0.2) is 4.79 Å². The van der Waals surface area contributed by atoms with Crippen LogP contribution in [0.15, 0.2) is 30.4 Å². The Bertz CT molecular complexity index is 895. The number of aliphatic carboxylic acids is 1. The highest BCUT2D eigenvalue weighted by Crippen LogP contribution is 2.20. The van der Waals surface area contributed by atoms with Crippen molar-refractivity contribution in [1.29, 1.82) is 0 Å². The molecule has 1 amide bonds. The van der Waals surface area contributed by atoms with Gasteiger partial charge in [0.05, 0.1) is 24.3 Å². The summed E-state index contributed by atoms with van der Waals surface area (Å²) in [7, 11) is 0. The molecule has 2 rings (SSSR count). The summed E-state index contributed by atoms with van der Waals surface area (Å²) in [6.07, 6.45) is 6.21. The molecular formula is C24H29NO6. The number of rotatable bonds is 9. The summed E-state index contributed by atoms with van der Waals surface area (Å²) >= 11 is 0. The van der Waals surface area contributed by atoms with Crippen molar-refractivity contribution in [3.8, 4) is 11.8 Å². The monoisotopic (exact) mass is 427 g/mol. The summed E-state index contributed by atoms with van der Waals surface area (Å²) in [6, 6.07) is 4.86. The Morgan fingerprint density at radius 3 is 2.74 bits per heavy atom. The molecule has 1 saturated heterocycles. The number of carbonyl (C=O) groups excluding carboxylic acids is 1. The minimum absolute atomic E-state index is 0.0232. The fourth-order valence-electron chi connectivity index (χ4n) is 3.57. The molecule has 0 aliphatic carbocycles. The number of benzene rings is 1. The molecule has 0 spiro atoms. The molecule has 31 heavy (non-hydrogen) atoms. The van der Waals surface area contributed by atoms with Crippen LogP contribution in [0.25, 0.3) is 0 Å². The molecule has 2 atom stereocenters. The fourth-order valence-corrected chi connectivity index (χ4v) is 3.57. The molecule has 3 N–H and O–H groups in total. The van der Waals surface area contributed by atoms with Crippen LogP contribution in [-0.4, -0.2) is 56.8 Å². The first-order valence-electron chi connectivity index (χ1n) is 10.4. The third kappa shape index (κ3) is 7.91. The predicted octanol–water partition coefficient (Wildman–Crippen LogP) is 2.79. The van der Waals surface area contributed by atoms with Crippen LogP contribution in [0, 0.1) is 18.8 Å². The molecule has 0 bridgehead atoms. The molecule has 1 aliphatic heterocycles. The highest BCUT2D eigenvalue weighted by Gasteiger charge is 2.25. The van der Waals surface area contributed by atoms with E-state index in [1.807, 2.05) is 6.08 Å². The molecule has 166 valence electrons. The lowest BCUT2D eigenvalue weighted by molar-refractivity contribution is -0.137. The molecule has 1 aliphatic rings. The SMILES string of the molecule is Cc1cc(CC(O)/C=C/[C@H]2CCCC(=O)N2CC#CCCCC(=O)O)ccc1C(=O)O. The van der Waals surface area contributed by atoms with E-state index in [9.17, 15) is 19.5 Å². The van der Waals surface area contributed by atoms with Crippen LogP contribution in [0.5, 0.6) is 0 Å². The third-order valence-electron chi connectivity index (χ3n) is 5.20. The maximum absolute atomic E-state index is 12.3. The van der Waals surface area contributed by atoms with Gasteiger partial charge >= 0.3 is 11.9 Å². The van der Waals surface area contributed by atoms with Crippen LogP contribution in [0.1, 0.15) is 60.0 Å². The van der Waals surface area contributed by atoms with Crippen molar-refractivity contribution in [2.24, 2.45) is 0 Å². The van der Waals surface area contributed by atoms with Gasteiger partial charge in [-0.1, -0.05) is 30.2 Å². The van der Waals surface area contributed by atoms with Gasteiger partial charge < -0.3 is 20.2 Å². The van der Waals surface area contributed by atoms with Crippen LogP contribution in [0.3, 0.4) is 0 Å². The molecule has 1 fully saturated rings. The molecular weight excluding hydrogens is 398 g/mol. The summed E-state index contributed by atoms with van der Waals surface area (Å²) in [5.41, 5.74) is 1.73. The lowest BCUT2D eigenvalue weighted by Crippen LogP contribution is -2.42. The Hall–Kier alpha value is -3.11. The van der Waals surface area contributed by atoms with Gasteiger partial charge in [-0.2, -0.15) is 0 Å². The second kappa shape index (κ2) is 11.9. The van der Waals surface area contributed by atoms with Crippen LogP contribution in [0.2, 0.25) is 0 Å². The van der Waals surface area contributed by atoms with Crippen molar-refractivity contribution in [2.75, 3.05) is 6.54 Å². The van der Waals surface area contributed by atoms with E-state index in [4.69, 9.17) is 10.2 Å². The minimum Gasteiger partial charge on any atom is -0.481 e. The normalized spacial score (nSPS) is 17.3. The average Bonchev–Trinajstić information content (AvgIpc) is 2.69. The maximum Gasteiger partial charge on any atom is 0.335 e. The number of nitrogens with zero attached hydrogens (tertiary/aromatic N) is 1. The molecule has 0 aromatic heterocycles. The number of carboxylic acids is 2. The number of hydrogen-bond donors (Lipinski definition) is 3. The van der Waals surface area contributed by atoms with E-state index in [-0.39, 0.29) is 30.5 Å². The number of aryl methyl sites for hydroxylation is 1. The number of aliphatic hydroxyl groups is 1. The topological polar surface area (TPSA) is 115 Å². The van der Waals surface area contributed by atoms with Crippen LogP contribution in [-0.2, 0) is 16.0 Å². The second-order valence-electron chi connectivity index (χ2n) is 7.69. The molecule has 0 saturated carbocycles. The Morgan fingerprint density at radius 1 is 1.29 bits per heavy atom. The van der Waals surface area contributed by atoms with Gasteiger partial charge in [0.2, 0.25) is 5.91 Å². The van der Waals surface area contributed by atoms with Gasteiger partial charge in [0.1, 0.15) is 0 Å². The van der Waals surface area contributed by atoms with Crippen LogP contribution in [0.4, 0.5) is 0 Å². The summed E-state index contributed by atoms with van der Waals surface area (Å²) in [5.74, 6) is 4.08. The molecule has 7 heteroatoms. The number of piperidine rings is 1. The number of aliphatic hydroxyl groups excluding tert-OH is 1. The summed E-state index contributed by atoms with van der Waals surface area (Å²) in [6.45, 7) is 2.01. The average molecular weight is 427 g/mol. The van der Waals surface area contributed by atoms with Gasteiger partial charge in [-0.15, -0.1) is 5.92 Å². The fraction of sp³-hybridized carbons (Fsp3) is 0.458. The molecule has 1 aromatic carbocycles. The summed E-state index contributed by atoms with van der Waals surface area (Å²) < 4.78 is 0. The first-order chi connectivity index (χ1) is 14.8. The first kappa shape index (κ1) is 24.2. The van der Waals surface area contributed by atoms with E-state index in [1.165, 1.54) is 0 Å². The summed E-state index contributed by atoms with van der Waals surface area (Å²) in [5, 5.41) is 28.1. The molecule has 1 unspecified atom stereocenters. The smallest absolute Gasteiger partial charge is 0.335 e. The van der Waals surface area contributed by atoms with Gasteiger partial charge in [0, 0.05) is 25.7 Å². The lowest BCUT2D eigenvalue weighted by Gasteiger charge is -2.32.